The fraction of sp³-hybridized carbons (Fsp3) is 0.222. The highest BCUT2D eigenvalue weighted by atomic mass is 32.2. The molecule has 2 rings (SSSR count). The van der Waals surface area contributed by atoms with E-state index in [0.29, 0.717) is 22.9 Å². The normalized spacial score (nSPS) is 9.68. The first-order valence-corrected chi connectivity index (χ1v) is 9.26. The number of methoxy groups -OCH3 is 2. The molecule has 0 saturated carbocycles. The Labute approximate surface area is 162 Å². The zero-order valence-corrected chi connectivity index (χ0v) is 16.3. The summed E-state index contributed by atoms with van der Waals surface area (Å²) in [5, 5.41) is 4.72. The predicted octanol–water partition coefficient (Wildman–Crippen LogP) is 5.61. The zero-order valence-electron chi connectivity index (χ0n) is 13.8. The molecule has 0 aliphatic heterocycles. The van der Waals surface area contributed by atoms with Gasteiger partial charge in [-0.3, -0.25) is 0 Å². The van der Waals surface area contributed by atoms with Gasteiger partial charge in [0.05, 0.1) is 24.5 Å². The molecule has 0 radical (unpaired) electrons. The number of benzene rings is 2. The van der Waals surface area contributed by atoms with Crippen molar-refractivity contribution in [3.63, 3.8) is 0 Å². The Bertz CT molecular complexity index is 773. The molecule has 4 nitrogen and oxygen atoms in total. The largest absolute Gasteiger partial charge is 0.494 e. The Morgan fingerprint density at radius 2 is 1.28 bits per heavy atom. The Morgan fingerprint density at radius 3 is 1.64 bits per heavy atom. The van der Waals surface area contributed by atoms with Crippen LogP contribution in [0.3, 0.4) is 0 Å². The quantitative estimate of drug-likeness (QED) is 0.435. The van der Waals surface area contributed by atoms with Crippen molar-refractivity contribution in [1.29, 1.82) is 0 Å². The van der Waals surface area contributed by atoms with E-state index >= 15 is 0 Å². The summed E-state index contributed by atoms with van der Waals surface area (Å²) in [4.78, 5) is 7.97. The molecular formula is C18H16N2O2S3. The van der Waals surface area contributed by atoms with E-state index in [2.05, 4.69) is 44.7 Å². The number of thiocarbonyl (C=S) groups is 2. The summed E-state index contributed by atoms with van der Waals surface area (Å²) in [6.07, 6.45) is 0. The molecule has 0 aliphatic rings. The van der Waals surface area contributed by atoms with Gasteiger partial charge in [-0.15, -0.1) is 0 Å². The number of isothiocyanates is 2. The van der Waals surface area contributed by atoms with E-state index in [1.165, 1.54) is 0 Å². The maximum absolute atomic E-state index is 5.34. The molecule has 7 heteroatoms. The van der Waals surface area contributed by atoms with E-state index in [1.54, 1.807) is 26.0 Å². The summed E-state index contributed by atoms with van der Waals surface area (Å²) in [6, 6.07) is 11.7. The molecule has 25 heavy (non-hydrogen) atoms. The van der Waals surface area contributed by atoms with Crippen molar-refractivity contribution in [1.82, 2.24) is 0 Å². The molecule has 0 amide bonds. The molecule has 0 fully saturated rings. The summed E-state index contributed by atoms with van der Waals surface area (Å²) >= 11 is 11.1. The number of rotatable bonds is 8. The maximum atomic E-state index is 5.34. The molecule has 0 spiro atoms. The highest BCUT2D eigenvalue weighted by Crippen LogP contribution is 2.32. The number of ether oxygens (including phenoxy) is 2. The molecule has 0 aromatic heterocycles. The molecule has 0 N–H and O–H groups in total. The van der Waals surface area contributed by atoms with E-state index in [1.807, 2.05) is 36.4 Å². The lowest BCUT2D eigenvalue weighted by molar-refractivity contribution is 0.416. The Balaban J connectivity index is 2.03. The first-order valence-electron chi connectivity index (χ1n) is 7.29. The Kier molecular flexibility index (Phi) is 7.79. The van der Waals surface area contributed by atoms with E-state index < -0.39 is 0 Å². The van der Waals surface area contributed by atoms with Crippen molar-refractivity contribution in [2.45, 2.75) is 11.5 Å². The van der Waals surface area contributed by atoms with E-state index in [4.69, 9.17) is 9.47 Å². The summed E-state index contributed by atoms with van der Waals surface area (Å²) in [7, 11) is 3.23. The molecule has 0 bridgehead atoms. The van der Waals surface area contributed by atoms with Crippen molar-refractivity contribution in [2.75, 3.05) is 14.2 Å². The third-order valence-electron chi connectivity index (χ3n) is 3.36. The van der Waals surface area contributed by atoms with Crippen molar-refractivity contribution < 1.29 is 9.47 Å². The summed E-state index contributed by atoms with van der Waals surface area (Å²) in [6.45, 7) is 0. The third kappa shape index (κ3) is 5.49. The summed E-state index contributed by atoms with van der Waals surface area (Å²) < 4.78 is 10.7. The molecule has 0 saturated heterocycles. The van der Waals surface area contributed by atoms with E-state index in [0.717, 1.165) is 22.6 Å². The fourth-order valence-electron chi connectivity index (χ4n) is 2.19. The number of hydrogen-bond acceptors (Lipinski definition) is 7. The van der Waals surface area contributed by atoms with Gasteiger partial charge >= 0.3 is 0 Å². The van der Waals surface area contributed by atoms with Crippen LogP contribution in [0.1, 0.15) is 11.1 Å². The number of aliphatic imine (C=N–C) groups is 2. The van der Waals surface area contributed by atoms with Crippen LogP contribution in [0.4, 0.5) is 11.4 Å². The van der Waals surface area contributed by atoms with Crippen LogP contribution < -0.4 is 9.47 Å². The SMILES string of the molecule is COc1cc(CSCc2ccc(N=C=S)c(OC)c2)ccc1N=C=S. The zero-order chi connectivity index (χ0) is 18.1. The number of hydrogen-bond donors (Lipinski definition) is 0. The highest BCUT2D eigenvalue weighted by molar-refractivity contribution is 7.97. The van der Waals surface area contributed by atoms with Gasteiger partial charge in [0.2, 0.25) is 0 Å². The molecule has 0 aliphatic carbocycles. The van der Waals surface area contributed by atoms with Crippen LogP contribution >= 0.6 is 36.2 Å². The third-order valence-corrected chi connectivity index (χ3v) is 4.62. The average Bonchev–Trinajstić information content (AvgIpc) is 2.64. The summed E-state index contributed by atoms with van der Waals surface area (Å²) in [5.74, 6) is 3.08. The molecule has 0 heterocycles. The van der Waals surface area contributed by atoms with Crippen LogP contribution in [0.15, 0.2) is 46.4 Å². The lowest BCUT2D eigenvalue weighted by Crippen LogP contribution is -1.89. The second kappa shape index (κ2) is 10.1. The van der Waals surface area contributed by atoms with E-state index in [-0.39, 0.29) is 0 Å². The molecule has 0 atom stereocenters. The monoisotopic (exact) mass is 388 g/mol. The lowest BCUT2D eigenvalue weighted by atomic mass is 10.2. The van der Waals surface area contributed by atoms with Crippen LogP contribution in [0, 0.1) is 0 Å². The van der Waals surface area contributed by atoms with Gasteiger partial charge in [0.25, 0.3) is 0 Å². The van der Waals surface area contributed by atoms with Crippen LogP contribution in [0.25, 0.3) is 0 Å². The van der Waals surface area contributed by atoms with Gasteiger partial charge in [0.15, 0.2) is 0 Å². The molecule has 2 aromatic carbocycles. The van der Waals surface area contributed by atoms with Crippen molar-refractivity contribution >= 4 is 57.9 Å². The van der Waals surface area contributed by atoms with Gasteiger partial charge in [-0.05, 0) is 59.8 Å². The van der Waals surface area contributed by atoms with Crippen LogP contribution in [-0.2, 0) is 11.5 Å². The molecule has 0 unspecified atom stereocenters. The van der Waals surface area contributed by atoms with Gasteiger partial charge in [-0.25, -0.2) is 0 Å². The van der Waals surface area contributed by atoms with Gasteiger partial charge < -0.3 is 9.47 Å². The van der Waals surface area contributed by atoms with Crippen LogP contribution in [-0.4, -0.2) is 24.5 Å². The minimum atomic E-state index is 0.686. The average molecular weight is 389 g/mol. The maximum Gasteiger partial charge on any atom is 0.145 e. The van der Waals surface area contributed by atoms with Gasteiger partial charge in [-0.1, -0.05) is 12.1 Å². The van der Waals surface area contributed by atoms with E-state index in [9.17, 15) is 0 Å². The fourth-order valence-corrected chi connectivity index (χ4v) is 3.32. The van der Waals surface area contributed by atoms with Crippen molar-refractivity contribution in [3.8, 4) is 11.5 Å². The number of thioether (sulfide) groups is 1. The molecule has 128 valence electrons. The van der Waals surface area contributed by atoms with Crippen LogP contribution in [0.5, 0.6) is 11.5 Å². The van der Waals surface area contributed by atoms with Crippen molar-refractivity contribution in [3.05, 3.63) is 47.5 Å². The van der Waals surface area contributed by atoms with Gasteiger partial charge in [0, 0.05) is 11.5 Å². The standard InChI is InChI=1S/C18H16N2O2S3/c1-21-17-7-13(3-5-15(17)19-11-23)9-25-10-14-4-6-16(20-12-24)18(8-14)22-2/h3-8H,9-10H2,1-2H3. The Hall–Kier alpha value is -2.01. The molecule has 2 aromatic rings. The Morgan fingerprint density at radius 1 is 0.840 bits per heavy atom. The predicted molar refractivity (Wildman–Crippen MR) is 110 cm³/mol. The topological polar surface area (TPSA) is 43.2 Å². The summed E-state index contributed by atoms with van der Waals surface area (Å²) in [5.41, 5.74) is 3.68. The first-order chi connectivity index (χ1) is 12.2. The smallest absolute Gasteiger partial charge is 0.145 e. The minimum Gasteiger partial charge on any atom is -0.494 e. The number of nitrogens with zero attached hydrogens (tertiary/aromatic N) is 2. The van der Waals surface area contributed by atoms with Crippen molar-refractivity contribution in [2.24, 2.45) is 9.98 Å². The van der Waals surface area contributed by atoms with Crippen LogP contribution in [0.2, 0.25) is 0 Å². The lowest BCUT2D eigenvalue weighted by Gasteiger charge is -2.09. The first kappa shape index (κ1) is 19.3. The highest BCUT2D eigenvalue weighted by Gasteiger charge is 2.06. The van der Waals surface area contributed by atoms with Gasteiger partial charge in [-0.2, -0.15) is 21.7 Å². The molecular weight excluding hydrogens is 372 g/mol. The second-order valence-electron chi connectivity index (χ2n) is 4.91. The minimum absolute atomic E-state index is 0.686. The van der Waals surface area contributed by atoms with Gasteiger partial charge in [0.1, 0.15) is 22.9 Å². The second-order valence-corrected chi connectivity index (χ2v) is 6.26.